The van der Waals surface area contributed by atoms with Crippen LogP contribution in [0.2, 0.25) is 0 Å². The normalized spacial score (nSPS) is 10.0. The van der Waals surface area contributed by atoms with Gasteiger partial charge in [-0.05, 0) is 38.0 Å². The number of rotatable bonds is 7. The molecule has 0 unspecified atom stereocenters. The lowest BCUT2D eigenvalue weighted by molar-refractivity contribution is 0.203. The maximum Gasteiger partial charge on any atom is 0.317 e. The zero-order valence-corrected chi connectivity index (χ0v) is 12.7. The number of hydrogen-bond acceptors (Lipinski definition) is 3. The van der Waals surface area contributed by atoms with Gasteiger partial charge < -0.3 is 19.7 Å². The Labute approximate surface area is 120 Å². The third-order valence-corrected chi connectivity index (χ3v) is 3.19. The molecule has 0 aromatic heterocycles. The van der Waals surface area contributed by atoms with Crippen LogP contribution in [0.5, 0.6) is 11.5 Å². The first-order valence-electron chi connectivity index (χ1n) is 6.89. The summed E-state index contributed by atoms with van der Waals surface area (Å²) in [6.45, 7) is 5.98. The summed E-state index contributed by atoms with van der Waals surface area (Å²) in [7, 11) is 3.23. The molecule has 0 fully saturated rings. The van der Waals surface area contributed by atoms with E-state index >= 15 is 0 Å². The van der Waals surface area contributed by atoms with Crippen molar-refractivity contribution in [2.24, 2.45) is 0 Å². The molecule has 0 aliphatic rings. The predicted molar refractivity (Wildman–Crippen MR) is 79.6 cm³/mol. The van der Waals surface area contributed by atoms with Gasteiger partial charge in [-0.25, -0.2) is 4.79 Å². The molecule has 1 rings (SSSR count). The van der Waals surface area contributed by atoms with Gasteiger partial charge in [-0.2, -0.15) is 0 Å². The van der Waals surface area contributed by atoms with E-state index in [1.54, 1.807) is 19.1 Å². The molecular weight excluding hydrogens is 256 g/mol. The predicted octanol–water partition coefficient (Wildman–Crippen LogP) is 2.30. The number of amides is 2. The van der Waals surface area contributed by atoms with Gasteiger partial charge in [-0.15, -0.1) is 0 Å². The Bertz CT molecular complexity index is 431. The summed E-state index contributed by atoms with van der Waals surface area (Å²) in [5, 5.41) is 2.91. The molecule has 0 aliphatic carbocycles. The molecule has 5 heteroatoms. The van der Waals surface area contributed by atoms with E-state index in [1.165, 1.54) is 0 Å². The largest absolute Gasteiger partial charge is 0.493 e. The van der Waals surface area contributed by atoms with E-state index in [4.69, 9.17) is 9.47 Å². The van der Waals surface area contributed by atoms with Gasteiger partial charge in [0.15, 0.2) is 11.5 Å². The van der Waals surface area contributed by atoms with Crippen LogP contribution in [0, 0.1) is 0 Å². The first-order chi connectivity index (χ1) is 9.65. The number of methoxy groups -OCH3 is 2. The molecule has 0 bridgehead atoms. The Hall–Kier alpha value is -1.91. The van der Waals surface area contributed by atoms with E-state index in [2.05, 4.69) is 5.32 Å². The molecule has 1 N–H and O–H groups in total. The molecule has 1 aromatic rings. The van der Waals surface area contributed by atoms with Gasteiger partial charge in [0.25, 0.3) is 0 Å². The fourth-order valence-electron chi connectivity index (χ4n) is 1.97. The van der Waals surface area contributed by atoms with E-state index in [0.717, 1.165) is 25.1 Å². The van der Waals surface area contributed by atoms with Crippen molar-refractivity contribution >= 4 is 6.03 Å². The van der Waals surface area contributed by atoms with Crippen LogP contribution in [0.15, 0.2) is 18.2 Å². The summed E-state index contributed by atoms with van der Waals surface area (Å²) >= 11 is 0. The molecule has 112 valence electrons. The zero-order chi connectivity index (χ0) is 15.0. The maximum absolute atomic E-state index is 11.8. The number of carbonyl (C=O) groups is 1. The van der Waals surface area contributed by atoms with Crippen LogP contribution in [-0.2, 0) is 6.42 Å². The van der Waals surface area contributed by atoms with Crippen molar-refractivity contribution < 1.29 is 14.3 Å². The molecule has 0 heterocycles. The molecule has 2 amide bonds. The summed E-state index contributed by atoms with van der Waals surface area (Å²) in [6, 6.07) is 5.77. The quantitative estimate of drug-likeness (QED) is 0.833. The van der Waals surface area contributed by atoms with E-state index < -0.39 is 0 Å². The lowest BCUT2D eigenvalue weighted by atomic mass is 10.1. The Morgan fingerprint density at radius 3 is 2.35 bits per heavy atom. The minimum absolute atomic E-state index is 0.0181. The SMILES string of the molecule is CCN(CC)C(=O)NCCc1ccc(OC)c(OC)c1. The number of ether oxygens (including phenoxy) is 2. The molecule has 0 radical (unpaired) electrons. The summed E-state index contributed by atoms with van der Waals surface area (Å²) in [5.41, 5.74) is 1.10. The number of urea groups is 1. The van der Waals surface area contributed by atoms with Crippen LogP contribution < -0.4 is 14.8 Å². The number of nitrogens with one attached hydrogen (secondary N) is 1. The molecule has 0 aliphatic heterocycles. The fraction of sp³-hybridized carbons (Fsp3) is 0.533. The lowest BCUT2D eigenvalue weighted by Gasteiger charge is -2.19. The zero-order valence-electron chi connectivity index (χ0n) is 12.7. The first kappa shape index (κ1) is 16.1. The van der Waals surface area contributed by atoms with Crippen LogP contribution in [0.25, 0.3) is 0 Å². The van der Waals surface area contributed by atoms with Crippen molar-refractivity contribution in [3.05, 3.63) is 23.8 Å². The van der Waals surface area contributed by atoms with Gasteiger partial charge in [-0.1, -0.05) is 6.07 Å². The Kier molecular flexibility index (Phi) is 6.70. The number of hydrogen-bond donors (Lipinski definition) is 1. The van der Waals surface area contributed by atoms with Crippen molar-refractivity contribution in [2.75, 3.05) is 33.9 Å². The highest BCUT2D eigenvalue weighted by molar-refractivity contribution is 5.74. The van der Waals surface area contributed by atoms with Crippen molar-refractivity contribution in [2.45, 2.75) is 20.3 Å². The second-order valence-electron chi connectivity index (χ2n) is 4.34. The Morgan fingerprint density at radius 2 is 1.80 bits per heavy atom. The molecule has 1 aromatic carbocycles. The number of nitrogens with zero attached hydrogens (tertiary/aromatic N) is 1. The summed E-state index contributed by atoms with van der Waals surface area (Å²) in [5.74, 6) is 1.42. The van der Waals surface area contributed by atoms with Gasteiger partial charge >= 0.3 is 6.03 Å². The monoisotopic (exact) mass is 280 g/mol. The van der Waals surface area contributed by atoms with E-state index in [-0.39, 0.29) is 6.03 Å². The molecule has 5 nitrogen and oxygen atoms in total. The summed E-state index contributed by atoms with van der Waals surface area (Å²) < 4.78 is 10.4. The number of carbonyl (C=O) groups excluding carboxylic acids is 1. The van der Waals surface area contributed by atoms with E-state index in [0.29, 0.717) is 18.0 Å². The highest BCUT2D eigenvalue weighted by Gasteiger charge is 2.08. The van der Waals surface area contributed by atoms with Crippen LogP contribution >= 0.6 is 0 Å². The summed E-state index contributed by atoms with van der Waals surface area (Å²) in [4.78, 5) is 13.5. The molecule has 0 atom stereocenters. The van der Waals surface area contributed by atoms with Crippen LogP contribution in [0.3, 0.4) is 0 Å². The number of benzene rings is 1. The van der Waals surface area contributed by atoms with Gasteiger partial charge in [0.1, 0.15) is 0 Å². The Morgan fingerprint density at radius 1 is 1.15 bits per heavy atom. The van der Waals surface area contributed by atoms with Gasteiger partial charge in [0.2, 0.25) is 0 Å². The second-order valence-corrected chi connectivity index (χ2v) is 4.34. The minimum atomic E-state index is -0.0181. The molecule has 0 saturated heterocycles. The van der Waals surface area contributed by atoms with Crippen LogP contribution in [0.4, 0.5) is 4.79 Å². The van der Waals surface area contributed by atoms with Gasteiger partial charge in [0.05, 0.1) is 14.2 Å². The standard InChI is InChI=1S/C15H24N2O3/c1-5-17(6-2)15(18)16-10-9-12-7-8-13(19-3)14(11-12)20-4/h7-8,11H,5-6,9-10H2,1-4H3,(H,16,18). The first-order valence-corrected chi connectivity index (χ1v) is 6.89. The fourth-order valence-corrected chi connectivity index (χ4v) is 1.97. The average molecular weight is 280 g/mol. The topological polar surface area (TPSA) is 50.8 Å². The van der Waals surface area contributed by atoms with Crippen LogP contribution in [-0.4, -0.2) is 44.8 Å². The molecule has 20 heavy (non-hydrogen) atoms. The average Bonchev–Trinajstić information content (AvgIpc) is 2.48. The maximum atomic E-state index is 11.8. The minimum Gasteiger partial charge on any atom is -0.493 e. The van der Waals surface area contributed by atoms with Crippen LogP contribution in [0.1, 0.15) is 19.4 Å². The lowest BCUT2D eigenvalue weighted by Crippen LogP contribution is -2.40. The van der Waals surface area contributed by atoms with Crippen molar-refractivity contribution in [1.29, 1.82) is 0 Å². The smallest absolute Gasteiger partial charge is 0.317 e. The van der Waals surface area contributed by atoms with Gasteiger partial charge in [0, 0.05) is 19.6 Å². The third-order valence-electron chi connectivity index (χ3n) is 3.19. The third kappa shape index (κ3) is 4.33. The molecule has 0 saturated carbocycles. The Balaban J connectivity index is 2.52. The van der Waals surface area contributed by atoms with Crippen molar-refractivity contribution in [1.82, 2.24) is 10.2 Å². The highest BCUT2D eigenvalue weighted by Crippen LogP contribution is 2.27. The molecule has 0 spiro atoms. The van der Waals surface area contributed by atoms with Crippen molar-refractivity contribution in [3.63, 3.8) is 0 Å². The molecular formula is C15H24N2O3. The van der Waals surface area contributed by atoms with E-state index in [1.807, 2.05) is 32.0 Å². The second kappa shape index (κ2) is 8.30. The van der Waals surface area contributed by atoms with Gasteiger partial charge in [-0.3, -0.25) is 0 Å². The highest BCUT2D eigenvalue weighted by atomic mass is 16.5. The summed E-state index contributed by atoms with van der Waals surface area (Å²) in [6.07, 6.45) is 0.757. The van der Waals surface area contributed by atoms with E-state index in [9.17, 15) is 4.79 Å². The van der Waals surface area contributed by atoms with Crippen molar-refractivity contribution in [3.8, 4) is 11.5 Å².